The number of aliphatic hydroxyl groups excluding tert-OH is 1. The van der Waals surface area contributed by atoms with Crippen molar-refractivity contribution >= 4 is 17.4 Å². The van der Waals surface area contributed by atoms with Gasteiger partial charge in [0.25, 0.3) is 0 Å². The Morgan fingerprint density at radius 3 is 2.56 bits per heavy atom. The van der Waals surface area contributed by atoms with Crippen LogP contribution in [0.2, 0.25) is 0 Å². The van der Waals surface area contributed by atoms with Gasteiger partial charge in [-0.3, -0.25) is 0 Å². The van der Waals surface area contributed by atoms with Gasteiger partial charge in [-0.2, -0.15) is 0 Å². The number of thiazole rings is 1. The van der Waals surface area contributed by atoms with E-state index in [4.69, 9.17) is 0 Å². The number of nitrogens with one attached hydrogen (secondary N) is 2. The molecule has 3 N–H and O–H groups in total. The molecule has 10 heteroatoms. The molecule has 0 aliphatic carbocycles. The van der Waals surface area contributed by atoms with Crippen molar-refractivity contribution in [2.24, 2.45) is 0 Å². The summed E-state index contributed by atoms with van der Waals surface area (Å²) in [4.78, 5) is 15.9. The van der Waals surface area contributed by atoms with E-state index in [-0.39, 0.29) is 18.8 Å². The first kappa shape index (κ1) is 19.0. The van der Waals surface area contributed by atoms with Gasteiger partial charge in [0.1, 0.15) is 10.8 Å². The maximum absolute atomic E-state index is 12.1. The summed E-state index contributed by atoms with van der Waals surface area (Å²) in [6, 6.07) is 4.30. The summed E-state index contributed by atoms with van der Waals surface area (Å²) < 4.78 is 40.0. The molecule has 0 radical (unpaired) electrons. The summed E-state index contributed by atoms with van der Waals surface area (Å²) in [5.41, 5.74) is 1.22. The van der Waals surface area contributed by atoms with Crippen LogP contribution in [0.1, 0.15) is 22.4 Å². The van der Waals surface area contributed by atoms with Gasteiger partial charge >= 0.3 is 12.4 Å². The van der Waals surface area contributed by atoms with E-state index in [0.717, 1.165) is 22.8 Å². The van der Waals surface area contributed by atoms with Crippen LogP contribution in [0.15, 0.2) is 29.6 Å². The van der Waals surface area contributed by atoms with Crippen LogP contribution in [-0.2, 0) is 6.54 Å². The average molecular weight is 375 g/mol. The fourth-order valence-electron chi connectivity index (χ4n) is 1.90. The molecule has 1 atom stereocenters. The van der Waals surface area contributed by atoms with Gasteiger partial charge in [0.15, 0.2) is 0 Å². The highest BCUT2D eigenvalue weighted by Crippen LogP contribution is 2.24. The summed E-state index contributed by atoms with van der Waals surface area (Å²) in [5.74, 6) is -0.382. The highest BCUT2D eigenvalue weighted by molar-refractivity contribution is 7.09. The first-order chi connectivity index (χ1) is 11.7. The molecule has 1 heterocycles. The van der Waals surface area contributed by atoms with Crippen molar-refractivity contribution in [2.75, 3.05) is 6.54 Å². The van der Waals surface area contributed by atoms with Crippen LogP contribution in [0, 0.1) is 6.92 Å². The summed E-state index contributed by atoms with van der Waals surface area (Å²) in [7, 11) is 0. The lowest BCUT2D eigenvalue weighted by molar-refractivity contribution is -0.274. The molecular weight excluding hydrogens is 359 g/mol. The zero-order chi connectivity index (χ0) is 18.4. The molecule has 0 bridgehead atoms. The first-order valence-electron chi connectivity index (χ1n) is 7.19. The number of alkyl halides is 3. The van der Waals surface area contributed by atoms with E-state index in [1.54, 1.807) is 0 Å². The van der Waals surface area contributed by atoms with Gasteiger partial charge < -0.3 is 20.5 Å². The molecule has 2 aromatic rings. The van der Waals surface area contributed by atoms with Crippen LogP contribution >= 0.6 is 11.3 Å². The van der Waals surface area contributed by atoms with E-state index in [2.05, 4.69) is 20.4 Å². The molecule has 0 fully saturated rings. The quantitative estimate of drug-likeness (QED) is 0.725. The standard InChI is InChI=1S/C15H16F3N3O3S/c1-9-8-25-13(21-9)7-20-14(23)19-6-12(22)10-2-4-11(5-3-10)24-15(16,17)18/h2-5,8,12,22H,6-7H2,1H3,(H2,19,20,23). The normalized spacial score (nSPS) is 12.5. The topological polar surface area (TPSA) is 83.5 Å². The van der Waals surface area contributed by atoms with Crippen molar-refractivity contribution < 1.29 is 27.8 Å². The van der Waals surface area contributed by atoms with E-state index in [1.165, 1.54) is 23.5 Å². The molecule has 0 aliphatic rings. The third-order valence-electron chi connectivity index (χ3n) is 3.02. The van der Waals surface area contributed by atoms with Crippen molar-refractivity contribution in [3.05, 3.63) is 45.9 Å². The zero-order valence-electron chi connectivity index (χ0n) is 13.1. The number of aliphatic hydroxyl groups is 1. The second-order valence-electron chi connectivity index (χ2n) is 5.08. The molecule has 1 aromatic carbocycles. The summed E-state index contributed by atoms with van der Waals surface area (Å²) in [5, 5.41) is 17.7. The molecule has 136 valence electrons. The number of aromatic nitrogens is 1. The number of carbonyl (C=O) groups excluding carboxylic acids is 1. The fraction of sp³-hybridized carbons (Fsp3) is 0.333. The van der Waals surface area contributed by atoms with Gasteiger partial charge in [0.2, 0.25) is 0 Å². The minimum atomic E-state index is -4.77. The molecule has 25 heavy (non-hydrogen) atoms. The third kappa shape index (κ3) is 6.59. The van der Waals surface area contributed by atoms with Gasteiger partial charge in [-0.1, -0.05) is 12.1 Å². The van der Waals surface area contributed by atoms with Gasteiger partial charge in [-0.05, 0) is 24.6 Å². The number of rotatable bonds is 6. The number of aryl methyl sites for hydroxylation is 1. The summed E-state index contributed by atoms with van der Waals surface area (Å²) in [6.07, 6.45) is -5.83. The van der Waals surface area contributed by atoms with Crippen molar-refractivity contribution in [3.8, 4) is 5.75 Å². The Morgan fingerprint density at radius 2 is 2.00 bits per heavy atom. The molecule has 1 unspecified atom stereocenters. The number of nitrogens with zero attached hydrogens (tertiary/aromatic N) is 1. The highest BCUT2D eigenvalue weighted by atomic mass is 32.1. The Kier molecular flexibility index (Phi) is 6.21. The van der Waals surface area contributed by atoms with E-state index in [0.29, 0.717) is 5.56 Å². The summed E-state index contributed by atoms with van der Waals surface area (Å²) in [6.45, 7) is 2.02. The van der Waals surface area contributed by atoms with E-state index in [1.807, 2.05) is 12.3 Å². The minimum absolute atomic E-state index is 0.0950. The number of hydrogen-bond acceptors (Lipinski definition) is 5. The SMILES string of the molecule is Cc1csc(CNC(=O)NCC(O)c2ccc(OC(F)(F)F)cc2)n1. The Balaban J connectivity index is 1.77. The maximum atomic E-state index is 12.1. The molecule has 0 saturated heterocycles. The van der Waals surface area contributed by atoms with Crippen LogP contribution in [0.4, 0.5) is 18.0 Å². The predicted molar refractivity (Wildman–Crippen MR) is 85.2 cm³/mol. The molecule has 1 aromatic heterocycles. The minimum Gasteiger partial charge on any atom is -0.406 e. The van der Waals surface area contributed by atoms with Crippen molar-refractivity contribution in [1.29, 1.82) is 0 Å². The molecule has 0 aliphatic heterocycles. The largest absolute Gasteiger partial charge is 0.573 e. The van der Waals surface area contributed by atoms with Crippen LogP contribution in [0.25, 0.3) is 0 Å². The second-order valence-corrected chi connectivity index (χ2v) is 6.02. The molecule has 2 amide bonds. The number of hydrogen-bond donors (Lipinski definition) is 3. The van der Waals surface area contributed by atoms with Crippen LogP contribution in [-0.4, -0.2) is 29.0 Å². The predicted octanol–water partition coefficient (Wildman–Crippen LogP) is 2.88. The van der Waals surface area contributed by atoms with E-state index < -0.39 is 18.5 Å². The van der Waals surface area contributed by atoms with Gasteiger partial charge in [0.05, 0.1) is 12.6 Å². The van der Waals surface area contributed by atoms with Gasteiger partial charge in [0, 0.05) is 17.6 Å². The number of benzene rings is 1. The lowest BCUT2D eigenvalue weighted by Crippen LogP contribution is -2.37. The maximum Gasteiger partial charge on any atom is 0.573 e. The Hall–Kier alpha value is -2.33. The van der Waals surface area contributed by atoms with Crippen molar-refractivity contribution in [2.45, 2.75) is 25.9 Å². The smallest absolute Gasteiger partial charge is 0.406 e. The third-order valence-corrected chi connectivity index (χ3v) is 3.99. The van der Waals surface area contributed by atoms with Gasteiger partial charge in [-0.15, -0.1) is 24.5 Å². The van der Waals surface area contributed by atoms with Crippen molar-refractivity contribution in [3.63, 3.8) is 0 Å². The van der Waals surface area contributed by atoms with Crippen LogP contribution < -0.4 is 15.4 Å². The monoisotopic (exact) mass is 375 g/mol. The number of amides is 2. The second kappa shape index (κ2) is 8.17. The number of halogens is 3. The van der Waals surface area contributed by atoms with E-state index in [9.17, 15) is 23.1 Å². The molecule has 0 spiro atoms. The molecule has 0 saturated carbocycles. The first-order valence-corrected chi connectivity index (χ1v) is 8.07. The van der Waals surface area contributed by atoms with Crippen LogP contribution in [0.3, 0.4) is 0 Å². The lowest BCUT2D eigenvalue weighted by Gasteiger charge is -2.14. The lowest BCUT2D eigenvalue weighted by atomic mass is 10.1. The highest BCUT2D eigenvalue weighted by Gasteiger charge is 2.31. The molecule has 2 rings (SSSR count). The van der Waals surface area contributed by atoms with E-state index >= 15 is 0 Å². The Morgan fingerprint density at radius 1 is 1.32 bits per heavy atom. The average Bonchev–Trinajstić information content (AvgIpc) is 2.95. The Labute approximate surface area is 145 Å². The summed E-state index contributed by atoms with van der Waals surface area (Å²) >= 11 is 1.42. The molecule has 6 nitrogen and oxygen atoms in total. The van der Waals surface area contributed by atoms with Crippen molar-refractivity contribution in [1.82, 2.24) is 15.6 Å². The number of urea groups is 1. The fourth-order valence-corrected chi connectivity index (χ4v) is 2.61. The van der Waals surface area contributed by atoms with Crippen LogP contribution in [0.5, 0.6) is 5.75 Å². The zero-order valence-corrected chi connectivity index (χ0v) is 13.9. The molecular formula is C15H16F3N3O3S. The number of carbonyl (C=O) groups is 1. The van der Waals surface area contributed by atoms with Gasteiger partial charge in [-0.25, -0.2) is 9.78 Å². The number of ether oxygens (including phenoxy) is 1. The Bertz CT molecular complexity index is 704.